The van der Waals surface area contributed by atoms with Gasteiger partial charge in [0.05, 0.1) is 31.8 Å². The highest BCUT2D eigenvalue weighted by Gasteiger charge is 2.80. The number of ether oxygens (including phenoxy) is 5. The van der Waals surface area contributed by atoms with Crippen LogP contribution >= 0.6 is 0 Å². The summed E-state index contributed by atoms with van der Waals surface area (Å²) in [6, 6.07) is 6.95. The first kappa shape index (κ1) is 13.8. The van der Waals surface area contributed by atoms with Crippen LogP contribution in [0.1, 0.15) is 16.8 Å². The molecule has 0 bridgehead atoms. The Morgan fingerprint density at radius 2 is 2.09 bits per heavy atom. The maximum Gasteiger partial charge on any atom is 0.338 e. The number of esters is 1. The summed E-state index contributed by atoms with van der Waals surface area (Å²) in [6.07, 6.45) is 0.423. The van der Waals surface area contributed by atoms with Gasteiger partial charge in [0.2, 0.25) is 0 Å². The highest BCUT2D eigenvalue weighted by molar-refractivity contribution is 5.89. The van der Waals surface area contributed by atoms with E-state index in [0.29, 0.717) is 24.5 Å². The second-order valence-corrected chi connectivity index (χ2v) is 6.62. The number of rotatable bonds is 3. The summed E-state index contributed by atoms with van der Waals surface area (Å²) in [5.74, 6) is 0.852. The van der Waals surface area contributed by atoms with Crippen molar-refractivity contribution in [3.63, 3.8) is 0 Å². The average Bonchev–Trinajstić information content (AvgIpc) is 3.10. The lowest BCUT2D eigenvalue weighted by Gasteiger charge is -2.34. The highest BCUT2D eigenvalue weighted by atomic mass is 16.7. The van der Waals surface area contributed by atoms with E-state index in [1.807, 2.05) is 0 Å². The molecule has 1 saturated carbocycles. The molecule has 0 unspecified atom stereocenters. The lowest BCUT2D eigenvalue weighted by atomic mass is 9.85. The van der Waals surface area contributed by atoms with Gasteiger partial charge < -0.3 is 23.7 Å². The minimum atomic E-state index is -0.313. The molecule has 1 aromatic rings. The van der Waals surface area contributed by atoms with Gasteiger partial charge in [-0.2, -0.15) is 0 Å². The normalized spacial score (nSPS) is 42.7. The fourth-order valence-corrected chi connectivity index (χ4v) is 4.45. The van der Waals surface area contributed by atoms with Crippen LogP contribution in [0, 0.1) is 11.8 Å². The summed E-state index contributed by atoms with van der Waals surface area (Å²) in [5, 5.41) is 0. The molecule has 5 rings (SSSR count). The Morgan fingerprint density at radius 1 is 1.26 bits per heavy atom. The van der Waals surface area contributed by atoms with Crippen LogP contribution in [-0.2, 0) is 18.9 Å². The Bertz CT molecular complexity index is 643. The van der Waals surface area contributed by atoms with Crippen LogP contribution < -0.4 is 4.74 Å². The maximum atomic E-state index is 12.5. The largest absolute Gasteiger partial charge is 0.497 e. The van der Waals surface area contributed by atoms with Crippen molar-refractivity contribution in [1.82, 2.24) is 0 Å². The first-order valence-electron chi connectivity index (χ1n) is 7.99. The summed E-state index contributed by atoms with van der Waals surface area (Å²) < 4.78 is 28.2. The lowest BCUT2D eigenvalue weighted by molar-refractivity contribution is -0.179. The smallest absolute Gasteiger partial charge is 0.338 e. The molecule has 0 radical (unpaired) electrons. The Hall–Kier alpha value is -1.63. The van der Waals surface area contributed by atoms with Gasteiger partial charge in [-0.3, -0.25) is 0 Å². The molecular formula is C17H18O6. The van der Waals surface area contributed by atoms with E-state index in [-0.39, 0.29) is 41.9 Å². The highest BCUT2D eigenvalue weighted by Crippen LogP contribution is 2.64. The molecule has 0 N–H and O–H groups in total. The zero-order chi connectivity index (χ0) is 15.6. The summed E-state index contributed by atoms with van der Waals surface area (Å²) in [6.45, 7) is 1.19. The van der Waals surface area contributed by atoms with Crippen molar-refractivity contribution in [1.29, 1.82) is 0 Å². The van der Waals surface area contributed by atoms with E-state index in [4.69, 9.17) is 23.7 Å². The molecule has 0 aromatic heterocycles. The van der Waals surface area contributed by atoms with Crippen LogP contribution in [0.15, 0.2) is 24.3 Å². The van der Waals surface area contributed by atoms with Crippen molar-refractivity contribution in [2.75, 3.05) is 20.3 Å². The van der Waals surface area contributed by atoms with Gasteiger partial charge in [0, 0.05) is 5.92 Å². The van der Waals surface area contributed by atoms with Crippen LogP contribution in [-0.4, -0.2) is 50.4 Å². The van der Waals surface area contributed by atoms with Gasteiger partial charge in [0.1, 0.15) is 23.6 Å². The lowest BCUT2D eigenvalue weighted by Crippen LogP contribution is -2.41. The second-order valence-electron chi connectivity index (χ2n) is 6.62. The fourth-order valence-electron chi connectivity index (χ4n) is 4.45. The van der Waals surface area contributed by atoms with Gasteiger partial charge in [-0.05, 0) is 30.7 Å². The molecule has 1 spiro atoms. The SMILES string of the molecule is COc1ccc(C(=O)O[C@H]2[C@H]3CCO[C@H]4OC[C@]5(O[C@@H]25)[C@@H]43)cc1. The predicted octanol–water partition coefficient (Wildman–Crippen LogP) is 1.38. The molecule has 6 atom stereocenters. The summed E-state index contributed by atoms with van der Waals surface area (Å²) in [4.78, 5) is 12.5. The van der Waals surface area contributed by atoms with Crippen molar-refractivity contribution in [2.45, 2.75) is 30.5 Å². The van der Waals surface area contributed by atoms with Gasteiger partial charge in [0.25, 0.3) is 0 Å². The molecule has 1 aromatic carbocycles. The molecule has 1 aliphatic carbocycles. The third kappa shape index (κ3) is 1.83. The standard InChI is InChI=1S/C17H18O6/c1-19-10-4-2-9(3-5-10)15(18)22-13-11-6-7-20-16-12(11)17(8-21-16)14(13)23-17/h2-5,11-14,16H,6-8H2,1H3/t11-,12+,13-,14-,16-,17-/m0/s1. The number of hydrogen-bond acceptors (Lipinski definition) is 6. The molecule has 6 heteroatoms. The number of hydrogen-bond donors (Lipinski definition) is 0. The molecule has 3 saturated heterocycles. The first-order valence-corrected chi connectivity index (χ1v) is 7.99. The van der Waals surface area contributed by atoms with Crippen molar-refractivity contribution in [3.05, 3.63) is 29.8 Å². The number of methoxy groups -OCH3 is 1. The van der Waals surface area contributed by atoms with Crippen LogP contribution in [0.3, 0.4) is 0 Å². The van der Waals surface area contributed by atoms with Crippen LogP contribution in [0.25, 0.3) is 0 Å². The summed E-state index contributed by atoms with van der Waals surface area (Å²) in [5.41, 5.74) is 0.248. The zero-order valence-electron chi connectivity index (χ0n) is 12.8. The Labute approximate surface area is 133 Å². The zero-order valence-corrected chi connectivity index (χ0v) is 12.8. The molecule has 23 heavy (non-hydrogen) atoms. The Kier molecular flexibility index (Phi) is 2.81. The minimum Gasteiger partial charge on any atom is -0.497 e. The van der Waals surface area contributed by atoms with Crippen LogP contribution in [0.5, 0.6) is 5.75 Å². The van der Waals surface area contributed by atoms with E-state index in [2.05, 4.69) is 0 Å². The van der Waals surface area contributed by atoms with E-state index >= 15 is 0 Å². The van der Waals surface area contributed by atoms with E-state index in [1.54, 1.807) is 31.4 Å². The van der Waals surface area contributed by atoms with Crippen LogP contribution in [0.4, 0.5) is 0 Å². The van der Waals surface area contributed by atoms with Crippen molar-refractivity contribution >= 4 is 5.97 Å². The molecule has 122 valence electrons. The number of epoxide rings is 1. The van der Waals surface area contributed by atoms with Crippen molar-refractivity contribution in [3.8, 4) is 5.75 Å². The van der Waals surface area contributed by atoms with Gasteiger partial charge in [-0.15, -0.1) is 0 Å². The third-order valence-corrected chi connectivity index (χ3v) is 5.59. The number of carbonyl (C=O) groups is 1. The van der Waals surface area contributed by atoms with E-state index in [9.17, 15) is 4.79 Å². The van der Waals surface area contributed by atoms with E-state index in [0.717, 1.165) is 6.42 Å². The Balaban J connectivity index is 1.35. The fraction of sp³-hybridized carbons (Fsp3) is 0.588. The van der Waals surface area contributed by atoms with Gasteiger partial charge in [-0.1, -0.05) is 0 Å². The maximum absolute atomic E-state index is 12.5. The monoisotopic (exact) mass is 318 g/mol. The average molecular weight is 318 g/mol. The van der Waals surface area contributed by atoms with Gasteiger partial charge in [0.15, 0.2) is 6.29 Å². The van der Waals surface area contributed by atoms with Crippen LogP contribution in [0.2, 0.25) is 0 Å². The summed E-state index contributed by atoms with van der Waals surface area (Å²) >= 11 is 0. The van der Waals surface area contributed by atoms with E-state index in [1.165, 1.54) is 0 Å². The summed E-state index contributed by atoms with van der Waals surface area (Å²) in [7, 11) is 1.60. The van der Waals surface area contributed by atoms with Gasteiger partial charge in [-0.25, -0.2) is 4.79 Å². The van der Waals surface area contributed by atoms with Crippen molar-refractivity contribution in [2.24, 2.45) is 11.8 Å². The minimum absolute atomic E-state index is 0.0496. The molecule has 6 nitrogen and oxygen atoms in total. The number of carbonyl (C=O) groups excluding carboxylic acids is 1. The molecule has 3 heterocycles. The molecule has 0 amide bonds. The third-order valence-electron chi connectivity index (χ3n) is 5.59. The second kappa shape index (κ2) is 4.69. The first-order chi connectivity index (χ1) is 11.2. The topological polar surface area (TPSA) is 66.5 Å². The number of benzene rings is 1. The molecule has 4 fully saturated rings. The molecular weight excluding hydrogens is 300 g/mol. The van der Waals surface area contributed by atoms with E-state index < -0.39 is 0 Å². The molecule has 4 aliphatic rings. The predicted molar refractivity (Wildman–Crippen MR) is 77.1 cm³/mol. The molecule has 3 aliphatic heterocycles. The Morgan fingerprint density at radius 3 is 2.87 bits per heavy atom. The quantitative estimate of drug-likeness (QED) is 0.620. The van der Waals surface area contributed by atoms with Gasteiger partial charge >= 0.3 is 5.97 Å². The van der Waals surface area contributed by atoms with Crippen molar-refractivity contribution < 1.29 is 28.5 Å².